The minimum Gasteiger partial charge on any atom is -0.370 e. The van der Waals surface area contributed by atoms with Crippen molar-refractivity contribution in [3.05, 3.63) is 24.8 Å². The van der Waals surface area contributed by atoms with Gasteiger partial charge in [-0.3, -0.25) is 9.59 Å². The largest absolute Gasteiger partial charge is 0.370 e. The van der Waals surface area contributed by atoms with Gasteiger partial charge in [-0.05, 0) is 6.42 Å². The van der Waals surface area contributed by atoms with E-state index in [1.807, 2.05) is 0 Å². The summed E-state index contributed by atoms with van der Waals surface area (Å²) in [4.78, 5) is 21.4. The first-order valence-electron chi connectivity index (χ1n) is 4.49. The zero-order chi connectivity index (χ0) is 10.8. The van der Waals surface area contributed by atoms with Gasteiger partial charge in [0.15, 0.2) is 0 Å². The van der Waals surface area contributed by atoms with E-state index in [4.69, 9.17) is 5.73 Å². The molecule has 0 spiro atoms. The molecule has 0 atom stereocenters. The smallest absolute Gasteiger partial charge is 0.220 e. The average molecular weight is 196 g/mol. The standard InChI is InChI=1S/C10H16N2O2/c1-2-3-4-8-12-10(14)7-5-6-9(11)13/h2-4H,1,5-8H2,(H2,11,13)(H,12,14)/b4-3+. The van der Waals surface area contributed by atoms with Crippen LogP contribution in [0.15, 0.2) is 24.8 Å². The highest BCUT2D eigenvalue weighted by molar-refractivity contribution is 5.78. The van der Waals surface area contributed by atoms with Crippen LogP contribution in [-0.2, 0) is 9.59 Å². The molecule has 0 saturated heterocycles. The van der Waals surface area contributed by atoms with E-state index < -0.39 is 0 Å². The topological polar surface area (TPSA) is 72.2 Å². The van der Waals surface area contributed by atoms with E-state index in [0.29, 0.717) is 19.4 Å². The van der Waals surface area contributed by atoms with Gasteiger partial charge >= 0.3 is 0 Å². The van der Waals surface area contributed by atoms with Gasteiger partial charge < -0.3 is 11.1 Å². The predicted molar refractivity (Wildman–Crippen MR) is 55.4 cm³/mol. The number of rotatable bonds is 7. The lowest BCUT2D eigenvalue weighted by Gasteiger charge is -2.00. The molecular weight excluding hydrogens is 180 g/mol. The van der Waals surface area contributed by atoms with Crippen molar-refractivity contribution >= 4 is 11.8 Å². The maximum absolute atomic E-state index is 11.1. The monoisotopic (exact) mass is 196 g/mol. The van der Waals surface area contributed by atoms with E-state index in [0.717, 1.165) is 0 Å². The SMILES string of the molecule is C=C/C=C/CNC(=O)CCCC(N)=O. The number of nitrogens with one attached hydrogen (secondary N) is 1. The van der Waals surface area contributed by atoms with Crippen LogP contribution in [-0.4, -0.2) is 18.4 Å². The Bertz CT molecular complexity index is 234. The quantitative estimate of drug-likeness (QED) is 0.582. The molecule has 0 rings (SSSR count). The lowest BCUT2D eigenvalue weighted by Crippen LogP contribution is -2.23. The van der Waals surface area contributed by atoms with Crippen molar-refractivity contribution in [1.82, 2.24) is 5.32 Å². The predicted octanol–water partition coefficient (Wildman–Crippen LogP) is 0.500. The highest BCUT2D eigenvalue weighted by Crippen LogP contribution is 1.93. The van der Waals surface area contributed by atoms with E-state index in [1.165, 1.54) is 0 Å². The van der Waals surface area contributed by atoms with Crippen molar-refractivity contribution in [2.24, 2.45) is 5.73 Å². The highest BCUT2D eigenvalue weighted by atomic mass is 16.2. The number of hydrogen-bond acceptors (Lipinski definition) is 2. The first-order chi connectivity index (χ1) is 6.66. The van der Waals surface area contributed by atoms with Crippen LogP contribution in [0.5, 0.6) is 0 Å². The second kappa shape index (κ2) is 8.04. The van der Waals surface area contributed by atoms with Crippen LogP contribution in [0.4, 0.5) is 0 Å². The fraction of sp³-hybridized carbons (Fsp3) is 0.400. The summed E-state index contributed by atoms with van der Waals surface area (Å²) in [5.74, 6) is -0.440. The maximum atomic E-state index is 11.1. The van der Waals surface area contributed by atoms with Crippen molar-refractivity contribution in [2.75, 3.05) is 6.54 Å². The van der Waals surface area contributed by atoms with Gasteiger partial charge in [0.1, 0.15) is 0 Å². The van der Waals surface area contributed by atoms with E-state index in [9.17, 15) is 9.59 Å². The Labute approximate surface area is 83.9 Å². The molecule has 0 aliphatic rings. The minimum atomic E-state index is -0.371. The normalized spacial score (nSPS) is 10.0. The number of carbonyl (C=O) groups excluding carboxylic acids is 2. The summed E-state index contributed by atoms with van der Waals surface area (Å²) in [6.07, 6.45) is 6.29. The second-order valence-corrected chi connectivity index (χ2v) is 2.79. The summed E-state index contributed by atoms with van der Waals surface area (Å²) in [5, 5.41) is 2.67. The maximum Gasteiger partial charge on any atom is 0.220 e. The van der Waals surface area contributed by atoms with E-state index in [2.05, 4.69) is 11.9 Å². The molecule has 0 aromatic heterocycles. The number of amides is 2. The van der Waals surface area contributed by atoms with Gasteiger partial charge in [-0.25, -0.2) is 0 Å². The summed E-state index contributed by atoms with van der Waals surface area (Å²) < 4.78 is 0. The van der Waals surface area contributed by atoms with Crippen LogP contribution in [0.25, 0.3) is 0 Å². The highest BCUT2D eigenvalue weighted by Gasteiger charge is 2.00. The third-order valence-corrected chi connectivity index (χ3v) is 1.52. The summed E-state index contributed by atoms with van der Waals surface area (Å²) >= 11 is 0. The number of primary amides is 1. The van der Waals surface area contributed by atoms with Crippen molar-refractivity contribution < 1.29 is 9.59 Å². The molecule has 4 nitrogen and oxygen atoms in total. The molecule has 0 aliphatic carbocycles. The van der Waals surface area contributed by atoms with Crippen molar-refractivity contribution in [2.45, 2.75) is 19.3 Å². The van der Waals surface area contributed by atoms with Gasteiger partial charge in [0, 0.05) is 19.4 Å². The summed E-state index contributed by atoms with van der Waals surface area (Å²) in [5.41, 5.74) is 4.93. The Morgan fingerprint density at radius 3 is 2.64 bits per heavy atom. The Kier molecular flexibility index (Phi) is 7.13. The molecule has 0 unspecified atom stereocenters. The molecule has 0 heterocycles. The fourth-order valence-corrected chi connectivity index (χ4v) is 0.849. The van der Waals surface area contributed by atoms with Gasteiger partial charge in [-0.1, -0.05) is 24.8 Å². The second-order valence-electron chi connectivity index (χ2n) is 2.79. The molecule has 3 N–H and O–H groups in total. The molecule has 0 aliphatic heterocycles. The molecular formula is C10H16N2O2. The Hall–Kier alpha value is -1.58. The van der Waals surface area contributed by atoms with E-state index >= 15 is 0 Å². The van der Waals surface area contributed by atoms with Crippen LogP contribution in [0.1, 0.15) is 19.3 Å². The Morgan fingerprint density at radius 2 is 2.07 bits per heavy atom. The molecule has 0 bridgehead atoms. The van der Waals surface area contributed by atoms with Crippen LogP contribution in [0.2, 0.25) is 0 Å². The summed E-state index contributed by atoms with van der Waals surface area (Å²) in [6, 6.07) is 0. The Morgan fingerprint density at radius 1 is 1.36 bits per heavy atom. The van der Waals surface area contributed by atoms with Gasteiger partial charge in [-0.15, -0.1) is 0 Å². The lowest BCUT2D eigenvalue weighted by molar-refractivity contribution is -0.121. The molecule has 4 heteroatoms. The summed E-state index contributed by atoms with van der Waals surface area (Å²) in [7, 11) is 0. The number of allylic oxidation sites excluding steroid dienone is 2. The van der Waals surface area contributed by atoms with Crippen LogP contribution in [0, 0.1) is 0 Å². The van der Waals surface area contributed by atoms with Crippen molar-refractivity contribution in [3.63, 3.8) is 0 Å². The molecule has 2 amide bonds. The minimum absolute atomic E-state index is 0.0695. The van der Waals surface area contributed by atoms with E-state index in [1.54, 1.807) is 18.2 Å². The first kappa shape index (κ1) is 12.4. The number of nitrogens with two attached hydrogens (primary N) is 1. The first-order valence-corrected chi connectivity index (χ1v) is 4.49. The third kappa shape index (κ3) is 8.52. The van der Waals surface area contributed by atoms with Crippen molar-refractivity contribution in [3.8, 4) is 0 Å². The number of carbonyl (C=O) groups is 2. The lowest BCUT2D eigenvalue weighted by atomic mass is 10.2. The molecule has 78 valence electrons. The van der Waals surface area contributed by atoms with Gasteiger partial charge in [0.25, 0.3) is 0 Å². The zero-order valence-corrected chi connectivity index (χ0v) is 8.16. The third-order valence-electron chi connectivity index (χ3n) is 1.52. The fourth-order valence-electron chi connectivity index (χ4n) is 0.849. The van der Waals surface area contributed by atoms with Crippen LogP contribution < -0.4 is 11.1 Å². The van der Waals surface area contributed by atoms with Gasteiger partial charge in [0.2, 0.25) is 11.8 Å². The van der Waals surface area contributed by atoms with Gasteiger partial charge in [0.05, 0.1) is 0 Å². The van der Waals surface area contributed by atoms with Crippen LogP contribution in [0.3, 0.4) is 0 Å². The Balaban J connectivity index is 3.41. The van der Waals surface area contributed by atoms with E-state index in [-0.39, 0.29) is 18.2 Å². The molecule has 14 heavy (non-hydrogen) atoms. The van der Waals surface area contributed by atoms with Crippen LogP contribution >= 0.6 is 0 Å². The molecule has 0 radical (unpaired) electrons. The molecule has 0 fully saturated rings. The van der Waals surface area contributed by atoms with Gasteiger partial charge in [-0.2, -0.15) is 0 Å². The molecule has 0 saturated carbocycles. The summed E-state index contributed by atoms with van der Waals surface area (Å²) in [6.45, 7) is 3.98. The number of hydrogen-bond donors (Lipinski definition) is 2. The average Bonchev–Trinajstić information content (AvgIpc) is 2.12. The zero-order valence-electron chi connectivity index (χ0n) is 8.16. The molecule has 0 aromatic rings. The van der Waals surface area contributed by atoms with Crippen molar-refractivity contribution in [1.29, 1.82) is 0 Å². The molecule has 0 aromatic carbocycles.